The fourth-order valence-corrected chi connectivity index (χ4v) is 2.54. The van der Waals surface area contributed by atoms with E-state index in [1.807, 2.05) is 13.8 Å². The van der Waals surface area contributed by atoms with Crippen LogP contribution >= 0.6 is 0 Å². The van der Waals surface area contributed by atoms with Gasteiger partial charge in [0.2, 0.25) is 0 Å². The molecular formula is C12H25NO. The SMILES string of the molecule is CC.CCN1CCC2(CC1)CC(C)O2. The molecule has 0 radical (unpaired) electrons. The van der Waals surface area contributed by atoms with Crippen LogP contribution in [0.25, 0.3) is 0 Å². The van der Waals surface area contributed by atoms with E-state index in [1.54, 1.807) is 0 Å². The fraction of sp³-hybridized carbons (Fsp3) is 1.00. The van der Waals surface area contributed by atoms with Gasteiger partial charge in [-0.1, -0.05) is 20.8 Å². The summed E-state index contributed by atoms with van der Waals surface area (Å²) < 4.78 is 5.83. The van der Waals surface area contributed by atoms with Gasteiger partial charge in [-0.2, -0.15) is 0 Å². The number of hydrogen-bond acceptors (Lipinski definition) is 2. The van der Waals surface area contributed by atoms with E-state index in [4.69, 9.17) is 4.74 Å². The molecule has 2 aliphatic heterocycles. The van der Waals surface area contributed by atoms with Gasteiger partial charge in [0.25, 0.3) is 0 Å². The van der Waals surface area contributed by atoms with Gasteiger partial charge in [-0.3, -0.25) is 0 Å². The zero-order valence-corrected chi connectivity index (χ0v) is 10.2. The quantitative estimate of drug-likeness (QED) is 0.644. The molecule has 2 aliphatic rings. The van der Waals surface area contributed by atoms with Crippen LogP contribution in [0.1, 0.15) is 47.0 Å². The highest BCUT2D eigenvalue weighted by molar-refractivity contribution is 4.95. The molecule has 2 fully saturated rings. The van der Waals surface area contributed by atoms with E-state index < -0.39 is 0 Å². The highest BCUT2D eigenvalue weighted by Gasteiger charge is 2.44. The molecule has 2 heteroatoms. The molecule has 0 amide bonds. The highest BCUT2D eigenvalue weighted by atomic mass is 16.5. The summed E-state index contributed by atoms with van der Waals surface area (Å²) in [6, 6.07) is 0. The highest BCUT2D eigenvalue weighted by Crippen LogP contribution is 2.40. The number of likely N-dealkylation sites (tertiary alicyclic amines) is 1. The first-order valence-electron chi connectivity index (χ1n) is 6.14. The van der Waals surface area contributed by atoms with Crippen molar-refractivity contribution in [3.05, 3.63) is 0 Å². The molecule has 2 nitrogen and oxygen atoms in total. The standard InChI is InChI=1S/C10H19NO.C2H6/c1-3-11-6-4-10(5-7-11)8-9(2)12-10;1-2/h9H,3-8H2,1-2H3;1-2H3. The van der Waals surface area contributed by atoms with E-state index in [2.05, 4.69) is 18.7 Å². The largest absolute Gasteiger partial charge is 0.372 e. The molecular weight excluding hydrogens is 174 g/mol. The van der Waals surface area contributed by atoms with Gasteiger partial charge in [0.1, 0.15) is 0 Å². The van der Waals surface area contributed by atoms with E-state index in [-0.39, 0.29) is 0 Å². The molecule has 2 saturated heterocycles. The van der Waals surface area contributed by atoms with Crippen LogP contribution in [0, 0.1) is 0 Å². The molecule has 0 N–H and O–H groups in total. The lowest BCUT2D eigenvalue weighted by molar-refractivity contribution is -0.217. The van der Waals surface area contributed by atoms with Crippen molar-refractivity contribution < 1.29 is 4.74 Å². The average Bonchev–Trinajstić information content (AvgIpc) is 2.20. The van der Waals surface area contributed by atoms with Gasteiger partial charge in [0.15, 0.2) is 0 Å². The molecule has 0 aromatic rings. The first-order chi connectivity index (χ1) is 6.74. The minimum atomic E-state index is 0.311. The van der Waals surface area contributed by atoms with E-state index in [0.717, 1.165) is 0 Å². The average molecular weight is 199 g/mol. The Bertz CT molecular complexity index is 154. The molecule has 0 aromatic carbocycles. The number of ether oxygens (including phenoxy) is 1. The van der Waals surface area contributed by atoms with Crippen molar-refractivity contribution in [3.63, 3.8) is 0 Å². The summed E-state index contributed by atoms with van der Waals surface area (Å²) in [5.41, 5.74) is 0.311. The molecule has 0 aromatic heterocycles. The summed E-state index contributed by atoms with van der Waals surface area (Å²) >= 11 is 0. The zero-order chi connectivity index (χ0) is 10.6. The second-order valence-corrected chi connectivity index (χ2v) is 4.25. The Morgan fingerprint density at radius 3 is 2.14 bits per heavy atom. The van der Waals surface area contributed by atoms with Gasteiger partial charge in [-0.05, 0) is 26.3 Å². The number of rotatable bonds is 1. The van der Waals surface area contributed by atoms with Crippen molar-refractivity contribution >= 4 is 0 Å². The second kappa shape index (κ2) is 5.13. The Kier molecular flexibility index (Phi) is 4.39. The van der Waals surface area contributed by atoms with Crippen LogP contribution < -0.4 is 0 Å². The van der Waals surface area contributed by atoms with Crippen LogP contribution in [0.4, 0.5) is 0 Å². The Balaban J connectivity index is 0.000000461. The van der Waals surface area contributed by atoms with Crippen molar-refractivity contribution in [3.8, 4) is 0 Å². The van der Waals surface area contributed by atoms with Gasteiger partial charge in [0, 0.05) is 19.5 Å². The molecule has 2 rings (SSSR count). The predicted octanol–water partition coefficient (Wildman–Crippen LogP) is 2.68. The Labute approximate surface area is 88.6 Å². The van der Waals surface area contributed by atoms with E-state index in [1.165, 1.54) is 38.9 Å². The third-order valence-corrected chi connectivity index (χ3v) is 3.33. The Morgan fingerprint density at radius 2 is 1.79 bits per heavy atom. The van der Waals surface area contributed by atoms with Gasteiger partial charge < -0.3 is 9.64 Å². The summed E-state index contributed by atoms with van der Waals surface area (Å²) in [7, 11) is 0. The van der Waals surface area contributed by atoms with E-state index in [0.29, 0.717) is 11.7 Å². The Hall–Kier alpha value is -0.0800. The number of nitrogens with zero attached hydrogens (tertiary/aromatic N) is 1. The molecule has 1 atom stereocenters. The minimum Gasteiger partial charge on any atom is -0.372 e. The van der Waals surface area contributed by atoms with E-state index in [9.17, 15) is 0 Å². The second-order valence-electron chi connectivity index (χ2n) is 4.25. The molecule has 0 saturated carbocycles. The van der Waals surface area contributed by atoms with Gasteiger partial charge >= 0.3 is 0 Å². The maximum atomic E-state index is 5.83. The lowest BCUT2D eigenvalue weighted by Crippen LogP contribution is -2.55. The smallest absolute Gasteiger partial charge is 0.0735 e. The third-order valence-electron chi connectivity index (χ3n) is 3.33. The van der Waals surface area contributed by atoms with Gasteiger partial charge in [-0.15, -0.1) is 0 Å². The van der Waals surface area contributed by atoms with Crippen LogP contribution in [0.3, 0.4) is 0 Å². The van der Waals surface area contributed by atoms with Gasteiger partial charge in [-0.25, -0.2) is 0 Å². The van der Waals surface area contributed by atoms with Crippen LogP contribution in [-0.2, 0) is 4.74 Å². The zero-order valence-electron chi connectivity index (χ0n) is 10.2. The number of piperidine rings is 1. The molecule has 14 heavy (non-hydrogen) atoms. The molecule has 0 bridgehead atoms. The van der Waals surface area contributed by atoms with Crippen molar-refractivity contribution in [1.82, 2.24) is 4.90 Å². The monoisotopic (exact) mass is 199 g/mol. The lowest BCUT2D eigenvalue weighted by atomic mass is 9.81. The van der Waals surface area contributed by atoms with Crippen LogP contribution in [0.15, 0.2) is 0 Å². The summed E-state index contributed by atoms with van der Waals surface area (Å²) in [5.74, 6) is 0. The first kappa shape index (κ1) is 12.0. The summed E-state index contributed by atoms with van der Waals surface area (Å²) in [5, 5.41) is 0. The van der Waals surface area contributed by atoms with Crippen molar-refractivity contribution in [2.45, 2.75) is 58.7 Å². The normalized spacial score (nSPS) is 30.4. The topological polar surface area (TPSA) is 12.5 Å². The first-order valence-corrected chi connectivity index (χ1v) is 6.14. The van der Waals surface area contributed by atoms with Crippen LogP contribution in [0.5, 0.6) is 0 Å². The van der Waals surface area contributed by atoms with Crippen LogP contribution in [0.2, 0.25) is 0 Å². The lowest BCUT2D eigenvalue weighted by Gasteiger charge is -2.51. The third kappa shape index (κ3) is 2.48. The van der Waals surface area contributed by atoms with Gasteiger partial charge in [0.05, 0.1) is 11.7 Å². The van der Waals surface area contributed by atoms with Crippen molar-refractivity contribution in [2.75, 3.05) is 19.6 Å². The Morgan fingerprint density at radius 1 is 1.29 bits per heavy atom. The van der Waals surface area contributed by atoms with Crippen molar-refractivity contribution in [1.29, 1.82) is 0 Å². The molecule has 2 heterocycles. The fourth-order valence-electron chi connectivity index (χ4n) is 2.54. The molecule has 0 aliphatic carbocycles. The molecule has 1 spiro atoms. The van der Waals surface area contributed by atoms with Crippen LogP contribution in [-0.4, -0.2) is 36.2 Å². The summed E-state index contributed by atoms with van der Waals surface area (Å²) in [6.07, 6.45) is 4.33. The number of hydrogen-bond donors (Lipinski definition) is 0. The molecule has 1 unspecified atom stereocenters. The molecule has 84 valence electrons. The van der Waals surface area contributed by atoms with E-state index >= 15 is 0 Å². The maximum Gasteiger partial charge on any atom is 0.0735 e. The van der Waals surface area contributed by atoms with Crippen molar-refractivity contribution in [2.24, 2.45) is 0 Å². The maximum absolute atomic E-state index is 5.83. The predicted molar refractivity (Wildman–Crippen MR) is 60.6 cm³/mol. The summed E-state index contributed by atoms with van der Waals surface area (Å²) in [6.45, 7) is 12.1. The minimum absolute atomic E-state index is 0.311. The summed E-state index contributed by atoms with van der Waals surface area (Å²) in [4.78, 5) is 2.51.